The third-order valence-corrected chi connectivity index (χ3v) is 13.2. The van der Waals surface area contributed by atoms with Gasteiger partial charge in [0, 0.05) is 61.0 Å². The van der Waals surface area contributed by atoms with E-state index in [9.17, 15) is 37.1 Å². The number of halogens is 3. The highest BCUT2D eigenvalue weighted by Crippen LogP contribution is 2.40. The molecule has 0 radical (unpaired) electrons. The number of fused-ring (bicyclic) bond motifs is 5. The average molecular weight is 1010 g/mol. The SMILES string of the molecule is Cc1nc(-c2ccc(CSSCCC(F)(F)F)cc2)ncc1C(=O)N[C@@H](CCN)C(=O)N(C)[C@@H]1C(=O)N[C@@H](C)C(=O)N[C@H](C(=O)NCC#N)Cc2ccc(OCCN)c(c2)-c2cc1ccc2OCCN. The van der Waals surface area contributed by atoms with Crippen molar-refractivity contribution in [1.29, 1.82) is 5.26 Å². The fourth-order valence-corrected chi connectivity index (χ4v) is 9.38. The number of hydrogen-bond donors (Lipinski definition) is 7. The van der Waals surface area contributed by atoms with Crippen LogP contribution < -0.4 is 47.9 Å². The van der Waals surface area contributed by atoms with Gasteiger partial charge in [-0.15, -0.1) is 0 Å². The summed E-state index contributed by atoms with van der Waals surface area (Å²) >= 11 is 0. The van der Waals surface area contributed by atoms with E-state index in [-0.39, 0.29) is 69.1 Å². The van der Waals surface area contributed by atoms with Crippen LogP contribution in [0.3, 0.4) is 0 Å². The molecular formula is C47H56F3N11O7S2. The van der Waals surface area contributed by atoms with Crippen LogP contribution in [0.25, 0.3) is 22.5 Å². The second-order valence-electron chi connectivity index (χ2n) is 16.0. The summed E-state index contributed by atoms with van der Waals surface area (Å²) in [4.78, 5) is 80.3. The van der Waals surface area contributed by atoms with Crippen LogP contribution in [0.5, 0.6) is 11.5 Å². The number of rotatable bonds is 20. The first-order valence-electron chi connectivity index (χ1n) is 22.2. The van der Waals surface area contributed by atoms with E-state index in [4.69, 9.17) is 31.9 Å². The average Bonchev–Trinajstić information content (AvgIpc) is 3.33. The van der Waals surface area contributed by atoms with Crippen LogP contribution in [0.2, 0.25) is 0 Å². The fraction of sp³-hybridized carbons (Fsp3) is 0.404. The molecule has 10 N–H and O–H groups in total. The number of nitrogens with one attached hydrogen (secondary N) is 4. The molecule has 5 amide bonds. The molecule has 4 bridgehead atoms. The Morgan fingerprint density at radius 1 is 0.943 bits per heavy atom. The van der Waals surface area contributed by atoms with Gasteiger partial charge in [-0.2, -0.15) is 18.4 Å². The van der Waals surface area contributed by atoms with E-state index in [1.807, 2.05) is 18.2 Å². The monoisotopic (exact) mass is 1010 g/mol. The maximum absolute atomic E-state index is 14.7. The summed E-state index contributed by atoms with van der Waals surface area (Å²) in [6.45, 7) is 3.22. The first-order chi connectivity index (χ1) is 33.5. The number of carbonyl (C=O) groups is 5. The summed E-state index contributed by atoms with van der Waals surface area (Å²) in [6.07, 6.45) is -3.80. The minimum absolute atomic E-state index is 0.0216. The Balaban J connectivity index is 1.46. The van der Waals surface area contributed by atoms with Crippen LogP contribution in [0.15, 0.2) is 66.9 Å². The number of likely N-dealkylation sites (N-methyl/N-ethyl adjacent to an activating group) is 1. The van der Waals surface area contributed by atoms with Gasteiger partial charge in [0.2, 0.25) is 23.6 Å². The number of hydrogen-bond acceptors (Lipinski definition) is 15. The van der Waals surface area contributed by atoms with E-state index in [0.29, 0.717) is 51.0 Å². The van der Waals surface area contributed by atoms with Gasteiger partial charge in [0.25, 0.3) is 5.91 Å². The Morgan fingerprint density at radius 2 is 1.61 bits per heavy atom. The van der Waals surface area contributed by atoms with Crippen molar-refractivity contribution in [3.8, 4) is 40.1 Å². The molecule has 70 heavy (non-hydrogen) atoms. The molecule has 18 nitrogen and oxygen atoms in total. The lowest BCUT2D eigenvalue weighted by atomic mass is 9.93. The predicted molar refractivity (Wildman–Crippen MR) is 260 cm³/mol. The molecule has 3 aromatic carbocycles. The molecule has 1 aromatic heterocycles. The summed E-state index contributed by atoms with van der Waals surface area (Å²) in [5.74, 6) is -2.09. The number of alkyl halides is 3. The highest BCUT2D eigenvalue weighted by Gasteiger charge is 2.36. The van der Waals surface area contributed by atoms with E-state index >= 15 is 0 Å². The highest BCUT2D eigenvalue weighted by atomic mass is 33.1. The molecule has 4 aromatic rings. The van der Waals surface area contributed by atoms with Gasteiger partial charge in [0.05, 0.1) is 23.7 Å². The second-order valence-corrected chi connectivity index (χ2v) is 18.6. The van der Waals surface area contributed by atoms with E-state index < -0.39 is 66.3 Å². The van der Waals surface area contributed by atoms with Gasteiger partial charge in [-0.05, 0) is 67.8 Å². The topological polar surface area (TPSA) is 283 Å². The smallest absolute Gasteiger partial charge is 0.389 e. The number of carbonyl (C=O) groups excluding carboxylic acids is 5. The fourth-order valence-electron chi connectivity index (χ4n) is 7.27. The van der Waals surface area contributed by atoms with Crippen LogP contribution in [0.1, 0.15) is 58.5 Å². The summed E-state index contributed by atoms with van der Waals surface area (Å²) in [7, 11) is 3.84. The maximum atomic E-state index is 14.7. The van der Waals surface area contributed by atoms with Crippen molar-refractivity contribution in [2.45, 2.75) is 69.2 Å². The number of ether oxygens (including phenoxy) is 2. The van der Waals surface area contributed by atoms with Crippen LogP contribution in [0, 0.1) is 18.3 Å². The zero-order chi connectivity index (χ0) is 51.0. The number of nitrogens with zero attached hydrogens (tertiary/aromatic N) is 4. The van der Waals surface area contributed by atoms with Gasteiger partial charge >= 0.3 is 6.18 Å². The van der Waals surface area contributed by atoms with Crippen molar-refractivity contribution in [2.24, 2.45) is 17.2 Å². The number of aryl methyl sites for hydroxylation is 1. The molecule has 0 saturated carbocycles. The first kappa shape index (κ1) is 54.5. The normalized spacial score (nSPS) is 16.4. The van der Waals surface area contributed by atoms with Crippen molar-refractivity contribution in [3.63, 3.8) is 0 Å². The van der Waals surface area contributed by atoms with Crippen molar-refractivity contribution in [1.82, 2.24) is 36.1 Å². The Morgan fingerprint density at radius 3 is 2.24 bits per heavy atom. The molecule has 0 spiro atoms. The molecule has 23 heteroatoms. The summed E-state index contributed by atoms with van der Waals surface area (Å²) in [5, 5.41) is 19.8. The van der Waals surface area contributed by atoms with E-state index in [1.54, 1.807) is 55.5 Å². The lowest BCUT2D eigenvalue weighted by molar-refractivity contribution is -0.141. The van der Waals surface area contributed by atoms with Crippen LogP contribution in [-0.2, 0) is 31.4 Å². The number of aromatic nitrogens is 2. The van der Waals surface area contributed by atoms with Crippen LogP contribution in [0.4, 0.5) is 13.2 Å². The molecule has 0 aliphatic carbocycles. The lowest BCUT2D eigenvalue weighted by Crippen LogP contribution is -2.56. The zero-order valence-electron chi connectivity index (χ0n) is 38.8. The molecule has 1 aliphatic heterocycles. The molecule has 4 atom stereocenters. The van der Waals surface area contributed by atoms with Crippen molar-refractivity contribution >= 4 is 51.1 Å². The molecule has 2 heterocycles. The van der Waals surface area contributed by atoms with Gasteiger partial charge < -0.3 is 52.8 Å². The van der Waals surface area contributed by atoms with Gasteiger partial charge in [0.15, 0.2) is 5.82 Å². The van der Waals surface area contributed by atoms with E-state index in [0.717, 1.165) is 21.3 Å². The second kappa shape index (κ2) is 26.0. The largest absolute Gasteiger partial charge is 0.492 e. The molecule has 0 fully saturated rings. The molecule has 374 valence electrons. The molecular weight excluding hydrogens is 952 g/mol. The summed E-state index contributed by atoms with van der Waals surface area (Å²) < 4.78 is 49.6. The van der Waals surface area contributed by atoms with Crippen LogP contribution >= 0.6 is 21.6 Å². The third kappa shape index (κ3) is 15.0. The van der Waals surface area contributed by atoms with Crippen molar-refractivity contribution < 1.29 is 46.6 Å². The molecule has 0 saturated heterocycles. The molecule has 1 aliphatic rings. The summed E-state index contributed by atoms with van der Waals surface area (Å²) in [5.41, 5.74) is 21.3. The quantitative estimate of drug-likeness (QED) is 0.0379. The van der Waals surface area contributed by atoms with Crippen molar-refractivity contribution in [3.05, 3.63) is 94.8 Å². The summed E-state index contributed by atoms with van der Waals surface area (Å²) in [6, 6.07) is 13.9. The van der Waals surface area contributed by atoms with Gasteiger partial charge in [-0.25, -0.2) is 9.97 Å². The molecule has 5 rings (SSSR count). The van der Waals surface area contributed by atoms with Gasteiger partial charge in [0.1, 0.15) is 55.4 Å². The predicted octanol–water partition coefficient (Wildman–Crippen LogP) is 3.46. The molecule has 0 unspecified atom stereocenters. The Bertz CT molecular complexity index is 2530. The number of nitriles is 1. The van der Waals surface area contributed by atoms with E-state index in [1.165, 1.54) is 31.0 Å². The van der Waals surface area contributed by atoms with Gasteiger partial charge in [-0.1, -0.05) is 58.0 Å². The Labute approximate surface area is 411 Å². The number of nitrogens with two attached hydrogens (primary N) is 3. The standard InChI is InChI=1S/C47H56F3N11O7S2/c1-27-35(25-56-41(57-27)31-7-4-29(5-8-31)26-70-69-21-13-47(48,49)50)43(63)59-36(12-14-51)46(66)61(3)40-32-9-11-39(68-20-17-54)34(24-32)33-22-30(6-10-38(33)67-19-16-53)23-37(44(64)55-18-15-52)60-42(62)28(2)58-45(40)65/h4-11,22,24-25,28,36-37,40H,12-14,16-21,23,26,51,53-54H2,1-3H3,(H,55,64)(H,58,65)(H,59,63)(H,60,62)/t28-,36-,37-,40-/m0/s1. The van der Waals surface area contributed by atoms with E-state index in [2.05, 4.69) is 31.2 Å². The lowest BCUT2D eigenvalue weighted by Gasteiger charge is -2.32. The number of benzene rings is 3. The maximum Gasteiger partial charge on any atom is 0.389 e. The third-order valence-electron chi connectivity index (χ3n) is 10.8. The van der Waals surface area contributed by atoms with Crippen molar-refractivity contribution in [2.75, 3.05) is 52.2 Å². The zero-order valence-corrected chi connectivity index (χ0v) is 40.4. The minimum Gasteiger partial charge on any atom is -0.492 e. The first-order valence-corrected chi connectivity index (χ1v) is 24.7. The van der Waals surface area contributed by atoms with Crippen LogP contribution in [-0.4, -0.2) is 121 Å². The number of amides is 5. The Kier molecular flexibility index (Phi) is 20.2. The minimum atomic E-state index is -4.20. The van der Waals surface area contributed by atoms with Gasteiger partial charge in [-0.3, -0.25) is 24.0 Å². The highest BCUT2D eigenvalue weighted by molar-refractivity contribution is 8.76. The Hall–Kier alpha value is -6.45.